The number of anilines is 1. The average molecular weight is 480 g/mol. The zero-order chi connectivity index (χ0) is 23.9. The standard InChI is InChI=1S/C26H25NO6S/c1-16(2)15-31-26(28)25-10-7-17-13-19(9-12-22(17)32-25)34(29,30)27-18-8-11-24-21(14-18)20-5-3-4-6-23(20)33-24/h3-6,8-9,11-14,16,25,27H,7,10,15H2,1-2H3/t25-/m1/s1. The number of hydrogen-bond donors (Lipinski definition) is 1. The second-order valence-electron chi connectivity index (χ2n) is 8.85. The molecule has 8 heteroatoms. The Balaban J connectivity index is 1.35. The van der Waals surface area contributed by atoms with E-state index in [4.69, 9.17) is 13.9 Å². The van der Waals surface area contributed by atoms with Gasteiger partial charge in [0.15, 0.2) is 6.10 Å². The lowest BCUT2D eigenvalue weighted by molar-refractivity contribution is -0.153. The van der Waals surface area contributed by atoms with E-state index in [1.165, 1.54) is 6.07 Å². The Labute approximate surface area is 197 Å². The van der Waals surface area contributed by atoms with Crippen LogP contribution in [0.5, 0.6) is 5.75 Å². The minimum absolute atomic E-state index is 0.132. The summed E-state index contributed by atoms with van der Waals surface area (Å²) in [5, 5.41) is 1.76. The number of aryl methyl sites for hydroxylation is 1. The van der Waals surface area contributed by atoms with Gasteiger partial charge in [-0.25, -0.2) is 13.2 Å². The first-order chi connectivity index (χ1) is 16.3. The molecule has 0 fully saturated rings. The maximum Gasteiger partial charge on any atom is 0.347 e. The third-order valence-electron chi connectivity index (χ3n) is 5.74. The topological polar surface area (TPSA) is 94.8 Å². The Bertz CT molecular complexity index is 1490. The van der Waals surface area contributed by atoms with Crippen LogP contribution in [-0.4, -0.2) is 27.1 Å². The lowest BCUT2D eigenvalue weighted by Crippen LogP contribution is -2.33. The quantitative estimate of drug-likeness (QED) is 0.378. The first-order valence-electron chi connectivity index (χ1n) is 11.2. The van der Waals surface area contributed by atoms with Crippen molar-refractivity contribution in [1.29, 1.82) is 0 Å². The molecule has 5 rings (SSSR count). The molecular weight excluding hydrogens is 454 g/mol. The van der Waals surface area contributed by atoms with Crippen LogP contribution in [0, 0.1) is 5.92 Å². The average Bonchev–Trinajstić information content (AvgIpc) is 3.19. The van der Waals surface area contributed by atoms with Crippen molar-refractivity contribution in [2.75, 3.05) is 11.3 Å². The van der Waals surface area contributed by atoms with Crippen molar-refractivity contribution in [3.8, 4) is 5.75 Å². The Morgan fingerprint density at radius 2 is 1.85 bits per heavy atom. The van der Waals surface area contributed by atoms with E-state index in [9.17, 15) is 13.2 Å². The van der Waals surface area contributed by atoms with Crippen LogP contribution >= 0.6 is 0 Å². The first kappa shape index (κ1) is 22.3. The first-order valence-corrected chi connectivity index (χ1v) is 12.7. The van der Waals surface area contributed by atoms with Crippen LogP contribution in [0.15, 0.2) is 70.0 Å². The maximum atomic E-state index is 13.1. The van der Waals surface area contributed by atoms with Crippen LogP contribution in [0.2, 0.25) is 0 Å². The molecule has 0 bridgehead atoms. The van der Waals surface area contributed by atoms with Crippen LogP contribution in [0.3, 0.4) is 0 Å². The molecule has 1 aliphatic rings. The van der Waals surface area contributed by atoms with Gasteiger partial charge in [0.05, 0.1) is 11.5 Å². The van der Waals surface area contributed by atoms with Crippen LogP contribution in [0.25, 0.3) is 21.9 Å². The molecule has 0 saturated carbocycles. The molecular formula is C26H25NO6S. The third kappa shape index (κ3) is 4.33. The van der Waals surface area contributed by atoms with E-state index in [1.54, 1.807) is 30.3 Å². The highest BCUT2D eigenvalue weighted by Crippen LogP contribution is 2.33. The smallest absolute Gasteiger partial charge is 0.347 e. The number of para-hydroxylation sites is 1. The van der Waals surface area contributed by atoms with E-state index >= 15 is 0 Å². The summed E-state index contributed by atoms with van der Waals surface area (Å²) < 4.78 is 45.7. The second kappa shape index (κ2) is 8.68. The van der Waals surface area contributed by atoms with Crippen molar-refractivity contribution in [3.05, 3.63) is 66.2 Å². The SMILES string of the molecule is CC(C)COC(=O)[C@H]1CCc2cc(S(=O)(=O)Nc3ccc4oc5ccccc5c4c3)ccc2O1. The van der Waals surface area contributed by atoms with Gasteiger partial charge >= 0.3 is 5.97 Å². The molecule has 0 saturated heterocycles. The molecule has 0 unspecified atom stereocenters. The van der Waals surface area contributed by atoms with Gasteiger partial charge in [-0.3, -0.25) is 4.72 Å². The molecule has 3 aromatic carbocycles. The summed E-state index contributed by atoms with van der Waals surface area (Å²) in [5.41, 5.74) is 2.63. The highest BCUT2D eigenvalue weighted by Gasteiger charge is 2.29. The minimum Gasteiger partial charge on any atom is -0.478 e. The Kier molecular flexibility index (Phi) is 5.69. The number of sulfonamides is 1. The molecule has 0 radical (unpaired) electrons. The monoisotopic (exact) mass is 479 g/mol. The summed E-state index contributed by atoms with van der Waals surface area (Å²) in [5.74, 6) is 0.357. The molecule has 1 N–H and O–H groups in total. The highest BCUT2D eigenvalue weighted by molar-refractivity contribution is 7.92. The van der Waals surface area contributed by atoms with Gasteiger partial charge in [-0.1, -0.05) is 32.0 Å². The number of furan rings is 1. The maximum absolute atomic E-state index is 13.1. The molecule has 1 aliphatic heterocycles. The molecule has 1 atom stereocenters. The van der Waals surface area contributed by atoms with Crippen LogP contribution in [0.1, 0.15) is 25.8 Å². The van der Waals surface area contributed by atoms with Crippen molar-refractivity contribution in [2.45, 2.75) is 37.7 Å². The number of esters is 1. The predicted octanol–water partition coefficient (Wildman–Crippen LogP) is 5.28. The van der Waals surface area contributed by atoms with Crippen molar-refractivity contribution >= 4 is 43.6 Å². The van der Waals surface area contributed by atoms with Gasteiger partial charge in [-0.15, -0.1) is 0 Å². The fourth-order valence-electron chi connectivity index (χ4n) is 4.04. The summed E-state index contributed by atoms with van der Waals surface area (Å²) in [6.07, 6.45) is 0.279. The highest BCUT2D eigenvalue weighted by atomic mass is 32.2. The van der Waals surface area contributed by atoms with Crippen molar-refractivity contribution in [2.24, 2.45) is 5.92 Å². The van der Waals surface area contributed by atoms with Crippen LogP contribution in [0.4, 0.5) is 5.69 Å². The fourth-order valence-corrected chi connectivity index (χ4v) is 5.14. The van der Waals surface area contributed by atoms with Gasteiger partial charge in [0.2, 0.25) is 0 Å². The summed E-state index contributed by atoms with van der Waals surface area (Å²) >= 11 is 0. The zero-order valence-corrected chi connectivity index (χ0v) is 19.7. The lowest BCUT2D eigenvalue weighted by Gasteiger charge is -2.25. The number of hydrogen-bond acceptors (Lipinski definition) is 6. The molecule has 2 heterocycles. The van der Waals surface area contributed by atoms with Gasteiger partial charge in [0.1, 0.15) is 16.9 Å². The fraction of sp³-hybridized carbons (Fsp3) is 0.269. The third-order valence-corrected chi connectivity index (χ3v) is 7.12. The summed E-state index contributed by atoms with van der Waals surface area (Å²) in [6, 6.07) is 17.5. The molecule has 176 valence electrons. The number of rotatable bonds is 6. The van der Waals surface area contributed by atoms with E-state index in [0.717, 1.165) is 21.9 Å². The number of carbonyl (C=O) groups excluding carboxylic acids is 1. The van der Waals surface area contributed by atoms with E-state index in [-0.39, 0.29) is 16.8 Å². The minimum atomic E-state index is -3.83. The molecule has 7 nitrogen and oxygen atoms in total. The van der Waals surface area contributed by atoms with Crippen molar-refractivity contribution in [1.82, 2.24) is 0 Å². The van der Waals surface area contributed by atoms with Crippen molar-refractivity contribution in [3.63, 3.8) is 0 Å². The molecule has 0 aliphatic carbocycles. The Hall–Kier alpha value is -3.52. The number of ether oxygens (including phenoxy) is 2. The zero-order valence-electron chi connectivity index (χ0n) is 18.9. The van der Waals surface area contributed by atoms with Crippen LogP contribution in [-0.2, 0) is 26.0 Å². The largest absolute Gasteiger partial charge is 0.478 e. The summed E-state index contributed by atoms with van der Waals surface area (Å²) in [4.78, 5) is 12.4. The number of fused-ring (bicyclic) bond motifs is 4. The van der Waals surface area contributed by atoms with Gasteiger partial charge in [0.25, 0.3) is 10.0 Å². The summed E-state index contributed by atoms with van der Waals surface area (Å²) in [7, 11) is -3.83. The van der Waals surface area contributed by atoms with Gasteiger partial charge in [0, 0.05) is 16.5 Å². The van der Waals surface area contributed by atoms with E-state index in [2.05, 4.69) is 4.72 Å². The summed E-state index contributed by atoms with van der Waals surface area (Å²) in [6.45, 7) is 4.28. The predicted molar refractivity (Wildman–Crippen MR) is 130 cm³/mol. The number of nitrogens with one attached hydrogen (secondary N) is 1. The number of carbonyl (C=O) groups is 1. The van der Waals surface area contributed by atoms with Gasteiger partial charge < -0.3 is 13.9 Å². The van der Waals surface area contributed by atoms with E-state index < -0.39 is 16.1 Å². The Morgan fingerprint density at radius 3 is 2.68 bits per heavy atom. The number of benzene rings is 3. The van der Waals surface area contributed by atoms with Crippen LogP contribution < -0.4 is 9.46 Å². The normalized spacial score (nSPS) is 15.8. The van der Waals surface area contributed by atoms with E-state index in [1.807, 2.05) is 38.1 Å². The van der Waals surface area contributed by atoms with Crippen molar-refractivity contribution < 1.29 is 27.1 Å². The second-order valence-corrected chi connectivity index (χ2v) is 10.5. The van der Waals surface area contributed by atoms with Gasteiger partial charge in [-0.05, 0) is 66.8 Å². The van der Waals surface area contributed by atoms with E-state index in [0.29, 0.717) is 36.5 Å². The Morgan fingerprint density at radius 1 is 1.06 bits per heavy atom. The molecule has 4 aromatic rings. The molecule has 34 heavy (non-hydrogen) atoms. The lowest BCUT2D eigenvalue weighted by atomic mass is 10.0. The molecule has 0 amide bonds. The molecule has 0 spiro atoms. The molecule has 1 aromatic heterocycles. The van der Waals surface area contributed by atoms with Gasteiger partial charge in [-0.2, -0.15) is 0 Å².